The molecule has 0 spiro atoms. The van der Waals surface area contributed by atoms with E-state index in [1.165, 1.54) is 0 Å². The van der Waals surface area contributed by atoms with Gasteiger partial charge in [0.25, 0.3) is 6.92 Å². The van der Waals surface area contributed by atoms with Gasteiger partial charge in [0.2, 0.25) is 0 Å². The van der Waals surface area contributed by atoms with Crippen molar-refractivity contribution in [1.29, 1.82) is 0 Å². The first-order valence-electron chi connectivity index (χ1n) is 8.44. The second kappa shape index (κ2) is 6.94. The van der Waals surface area contributed by atoms with Crippen molar-refractivity contribution in [3.63, 3.8) is 0 Å². The fourth-order valence-corrected chi connectivity index (χ4v) is 3.58. The van der Waals surface area contributed by atoms with E-state index < -0.39 is 5.60 Å². The maximum absolute atomic E-state index is 6.69. The molecule has 0 saturated carbocycles. The van der Waals surface area contributed by atoms with Crippen molar-refractivity contribution in [2.45, 2.75) is 43.4 Å². The molecule has 0 amide bonds. The van der Waals surface area contributed by atoms with Crippen LogP contribution in [0.5, 0.6) is 0 Å². The lowest BCUT2D eigenvalue weighted by atomic mass is 9.47. The molecular formula is C19H23B2NO. The molecule has 0 bridgehead atoms. The molecule has 1 fully saturated rings. The van der Waals surface area contributed by atoms with Crippen LogP contribution in [0.3, 0.4) is 0 Å². The molecule has 0 unspecified atom stereocenters. The Morgan fingerprint density at radius 3 is 2.04 bits per heavy atom. The second-order valence-corrected chi connectivity index (χ2v) is 6.49. The maximum Gasteiger partial charge on any atom is 0.286 e. The fourth-order valence-electron chi connectivity index (χ4n) is 3.58. The summed E-state index contributed by atoms with van der Waals surface area (Å²) >= 11 is 0. The Balaban J connectivity index is 2.17. The van der Waals surface area contributed by atoms with Gasteiger partial charge in [-0.3, -0.25) is 0 Å². The lowest BCUT2D eigenvalue weighted by molar-refractivity contribution is 0.0677. The minimum absolute atomic E-state index is 0.0364. The van der Waals surface area contributed by atoms with Crippen LogP contribution in [0.15, 0.2) is 60.7 Å². The van der Waals surface area contributed by atoms with Gasteiger partial charge >= 0.3 is 0 Å². The van der Waals surface area contributed by atoms with Gasteiger partial charge in [-0.15, -0.1) is 0 Å². The standard InChI is InChI=1S/C19H23B2NO/c1-21-18(20)14-8-13-17(22)19(23-21,15-9-4-2-5-10-15)16-11-6-3-7-12-16/h2-7,9-12,17-18H,8,13-14,22H2,1H3/t17-,18+/m0/s1. The molecule has 2 atom stereocenters. The third-order valence-electron chi connectivity index (χ3n) is 4.95. The summed E-state index contributed by atoms with van der Waals surface area (Å²) in [5.41, 5.74) is 8.27. The number of benzene rings is 2. The lowest BCUT2D eigenvalue weighted by Gasteiger charge is -2.44. The van der Waals surface area contributed by atoms with E-state index in [1.54, 1.807) is 0 Å². The summed E-state index contributed by atoms with van der Waals surface area (Å²) in [6.45, 7) is 2.00. The van der Waals surface area contributed by atoms with Crippen LogP contribution in [0.25, 0.3) is 0 Å². The van der Waals surface area contributed by atoms with Gasteiger partial charge in [0.15, 0.2) is 0 Å². The van der Waals surface area contributed by atoms with Gasteiger partial charge in [0, 0.05) is 6.04 Å². The largest absolute Gasteiger partial charge is 0.423 e. The number of hydrogen-bond acceptors (Lipinski definition) is 2. The van der Waals surface area contributed by atoms with Gasteiger partial charge in [-0.25, -0.2) is 0 Å². The molecule has 1 aliphatic heterocycles. The van der Waals surface area contributed by atoms with E-state index >= 15 is 0 Å². The van der Waals surface area contributed by atoms with E-state index in [1.807, 2.05) is 36.4 Å². The molecule has 2 N–H and O–H groups in total. The molecule has 1 heterocycles. The Morgan fingerprint density at radius 1 is 1.00 bits per heavy atom. The molecule has 23 heavy (non-hydrogen) atoms. The minimum Gasteiger partial charge on any atom is -0.423 e. The van der Waals surface area contributed by atoms with Gasteiger partial charge < -0.3 is 10.4 Å². The average Bonchev–Trinajstić information content (AvgIpc) is 2.60. The highest BCUT2D eigenvalue weighted by atomic mass is 16.5. The number of hydrogen-bond donors (Lipinski definition) is 1. The van der Waals surface area contributed by atoms with Crippen molar-refractivity contribution >= 4 is 14.8 Å². The summed E-state index contributed by atoms with van der Waals surface area (Å²) in [5.74, 6) is 0. The van der Waals surface area contributed by atoms with Crippen LogP contribution in [0.4, 0.5) is 0 Å². The van der Waals surface area contributed by atoms with Crippen LogP contribution in [-0.2, 0) is 10.3 Å². The normalized spacial score (nSPS) is 24.7. The van der Waals surface area contributed by atoms with E-state index in [0.717, 1.165) is 30.4 Å². The van der Waals surface area contributed by atoms with Crippen molar-refractivity contribution in [1.82, 2.24) is 0 Å². The second-order valence-electron chi connectivity index (χ2n) is 6.49. The third-order valence-corrected chi connectivity index (χ3v) is 4.95. The van der Waals surface area contributed by atoms with Crippen LogP contribution in [-0.4, -0.2) is 20.8 Å². The molecule has 1 aliphatic rings. The highest BCUT2D eigenvalue weighted by Gasteiger charge is 2.44. The molecule has 0 aromatic heterocycles. The van der Waals surface area contributed by atoms with Crippen molar-refractivity contribution in [2.75, 3.05) is 0 Å². The zero-order valence-corrected chi connectivity index (χ0v) is 13.7. The van der Waals surface area contributed by atoms with Gasteiger partial charge in [0.05, 0.1) is 7.85 Å². The predicted molar refractivity (Wildman–Crippen MR) is 97.7 cm³/mol. The van der Waals surface area contributed by atoms with Crippen molar-refractivity contribution in [3.8, 4) is 0 Å². The van der Waals surface area contributed by atoms with E-state index in [4.69, 9.17) is 18.2 Å². The highest BCUT2D eigenvalue weighted by molar-refractivity contribution is 6.61. The summed E-state index contributed by atoms with van der Waals surface area (Å²) < 4.78 is 6.63. The zero-order valence-electron chi connectivity index (χ0n) is 13.7. The molecule has 1 saturated heterocycles. The molecule has 2 nitrogen and oxygen atoms in total. The van der Waals surface area contributed by atoms with E-state index in [9.17, 15) is 0 Å². The Labute approximate surface area is 141 Å². The predicted octanol–water partition coefficient (Wildman–Crippen LogP) is 3.58. The number of nitrogens with two attached hydrogens (primary N) is 1. The van der Waals surface area contributed by atoms with Crippen LogP contribution in [0.1, 0.15) is 30.4 Å². The van der Waals surface area contributed by atoms with Gasteiger partial charge in [-0.2, -0.15) is 0 Å². The highest BCUT2D eigenvalue weighted by Crippen LogP contribution is 2.41. The topological polar surface area (TPSA) is 35.2 Å². The molecule has 3 rings (SSSR count). The van der Waals surface area contributed by atoms with Crippen molar-refractivity contribution in [2.24, 2.45) is 5.73 Å². The van der Waals surface area contributed by atoms with E-state index in [-0.39, 0.29) is 18.7 Å². The molecule has 2 aromatic rings. The van der Waals surface area contributed by atoms with E-state index in [0.29, 0.717) is 0 Å². The summed E-state index contributed by atoms with van der Waals surface area (Å²) in [6.07, 6.45) is 2.87. The first-order valence-corrected chi connectivity index (χ1v) is 8.44. The Kier molecular flexibility index (Phi) is 4.93. The molecular weight excluding hydrogens is 280 g/mol. The molecule has 2 radical (unpaired) electrons. The smallest absolute Gasteiger partial charge is 0.286 e. The first-order chi connectivity index (χ1) is 11.1. The van der Waals surface area contributed by atoms with Gasteiger partial charge in [-0.1, -0.05) is 86.0 Å². The first kappa shape index (κ1) is 16.4. The fraction of sp³-hybridized carbons (Fsp3) is 0.368. The Bertz CT molecular complexity index is 580. The third kappa shape index (κ3) is 3.11. The summed E-state index contributed by atoms with van der Waals surface area (Å²) in [7, 11) is 6.30. The quantitative estimate of drug-likeness (QED) is 0.861. The summed E-state index contributed by atoms with van der Waals surface area (Å²) in [6, 6.07) is 20.5. The lowest BCUT2D eigenvalue weighted by Crippen LogP contribution is -2.52. The Morgan fingerprint density at radius 2 is 1.52 bits per heavy atom. The average molecular weight is 303 g/mol. The zero-order chi connectivity index (χ0) is 16.3. The van der Waals surface area contributed by atoms with Crippen LogP contribution in [0.2, 0.25) is 12.5 Å². The van der Waals surface area contributed by atoms with Crippen LogP contribution < -0.4 is 5.73 Å². The van der Waals surface area contributed by atoms with Crippen LogP contribution >= 0.6 is 0 Å². The minimum atomic E-state index is -0.653. The summed E-state index contributed by atoms with van der Waals surface area (Å²) in [5, 5.41) is 0. The molecule has 116 valence electrons. The number of rotatable bonds is 2. The monoisotopic (exact) mass is 303 g/mol. The molecule has 2 aromatic carbocycles. The van der Waals surface area contributed by atoms with Crippen molar-refractivity contribution in [3.05, 3.63) is 71.8 Å². The molecule has 4 heteroatoms. The van der Waals surface area contributed by atoms with Gasteiger partial charge in [0.1, 0.15) is 5.60 Å². The van der Waals surface area contributed by atoms with Gasteiger partial charge in [-0.05, 0) is 17.5 Å². The maximum atomic E-state index is 6.69. The SMILES string of the molecule is [B][C@H]1CCC[C@H](N)C(c2ccccc2)(c2ccccc2)OB1C. The van der Waals surface area contributed by atoms with Crippen molar-refractivity contribution < 1.29 is 4.65 Å². The Hall–Kier alpha value is -1.51. The van der Waals surface area contributed by atoms with E-state index in [2.05, 4.69) is 31.1 Å². The molecule has 0 aliphatic carbocycles. The van der Waals surface area contributed by atoms with Crippen LogP contribution in [0, 0.1) is 0 Å². The summed E-state index contributed by atoms with van der Waals surface area (Å²) in [4.78, 5) is 0.